The molecule has 3 nitrogen and oxygen atoms in total. The Hall–Kier alpha value is -7.36. The summed E-state index contributed by atoms with van der Waals surface area (Å²) in [5, 5.41) is 7.05. The van der Waals surface area contributed by atoms with Gasteiger partial charge in [0.15, 0.2) is 0 Å². The third-order valence-corrected chi connectivity index (χ3v) is 11.0. The molecule has 0 aliphatic heterocycles. The maximum atomic E-state index is 6.79. The molecular formula is C52H34N2O. The highest BCUT2D eigenvalue weighted by molar-refractivity contribution is 6.21. The maximum Gasteiger partial charge on any atom is 0.143 e. The van der Waals surface area contributed by atoms with Crippen LogP contribution < -0.4 is 4.90 Å². The topological polar surface area (TPSA) is 21.3 Å². The summed E-state index contributed by atoms with van der Waals surface area (Å²) >= 11 is 0. The monoisotopic (exact) mass is 702 g/mol. The molecule has 3 heteroatoms. The van der Waals surface area contributed by atoms with Gasteiger partial charge in [-0.1, -0.05) is 146 Å². The SMILES string of the molecule is c1ccc(-c2ccc(N(c3cc(-c4ccccc4)c4oc5ccc6ccccc6c5c4c3)c3ccc4c5ccccc5n(-c5ccccc5)c4c3)cc2)cc1. The van der Waals surface area contributed by atoms with Crippen molar-refractivity contribution in [3.63, 3.8) is 0 Å². The van der Waals surface area contributed by atoms with Crippen LogP contribution in [0.25, 0.3) is 82.5 Å². The number of para-hydroxylation sites is 2. The van der Waals surface area contributed by atoms with Crippen LogP contribution in [0.3, 0.4) is 0 Å². The van der Waals surface area contributed by atoms with Crippen LogP contribution in [0, 0.1) is 0 Å². The Labute approximate surface area is 318 Å². The Bertz CT molecular complexity index is 3180. The normalized spacial score (nSPS) is 11.6. The van der Waals surface area contributed by atoms with Gasteiger partial charge in [0.2, 0.25) is 0 Å². The minimum Gasteiger partial charge on any atom is -0.455 e. The number of rotatable bonds is 6. The van der Waals surface area contributed by atoms with E-state index in [1.165, 1.54) is 38.2 Å². The average molecular weight is 703 g/mol. The van der Waals surface area contributed by atoms with Crippen molar-refractivity contribution < 1.29 is 4.42 Å². The van der Waals surface area contributed by atoms with Crippen LogP contribution in [0.2, 0.25) is 0 Å². The Balaban J connectivity index is 1.21. The summed E-state index contributed by atoms with van der Waals surface area (Å²) in [6.07, 6.45) is 0. The summed E-state index contributed by atoms with van der Waals surface area (Å²) in [6, 6.07) is 73.9. The Morgan fingerprint density at radius 1 is 0.382 bits per heavy atom. The fraction of sp³-hybridized carbons (Fsp3) is 0. The van der Waals surface area contributed by atoms with Gasteiger partial charge in [-0.3, -0.25) is 0 Å². The van der Waals surface area contributed by atoms with Crippen LogP contribution in [-0.2, 0) is 0 Å². The molecule has 0 amide bonds. The van der Waals surface area contributed by atoms with Crippen LogP contribution in [0.15, 0.2) is 211 Å². The molecule has 0 saturated heterocycles. The minimum atomic E-state index is 0.885. The summed E-state index contributed by atoms with van der Waals surface area (Å²) < 4.78 is 9.18. The molecule has 9 aromatic carbocycles. The highest BCUT2D eigenvalue weighted by Gasteiger charge is 2.22. The number of fused-ring (bicyclic) bond motifs is 8. The number of furan rings is 1. The van der Waals surface area contributed by atoms with E-state index >= 15 is 0 Å². The van der Waals surface area contributed by atoms with Gasteiger partial charge < -0.3 is 13.9 Å². The third kappa shape index (κ3) is 5.13. The molecule has 0 N–H and O–H groups in total. The van der Waals surface area contributed by atoms with Crippen molar-refractivity contribution in [3.8, 4) is 27.9 Å². The molecule has 2 aromatic heterocycles. The van der Waals surface area contributed by atoms with Crippen LogP contribution in [0.4, 0.5) is 17.1 Å². The van der Waals surface area contributed by atoms with Gasteiger partial charge >= 0.3 is 0 Å². The zero-order chi connectivity index (χ0) is 36.3. The molecule has 258 valence electrons. The van der Waals surface area contributed by atoms with E-state index in [2.05, 4.69) is 216 Å². The lowest BCUT2D eigenvalue weighted by atomic mass is 9.98. The Kier molecular flexibility index (Phi) is 7.17. The molecule has 0 fully saturated rings. The smallest absolute Gasteiger partial charge is 0.143 e. The average Bonchev–Trinajstić information content (AvgIpc) is 3.81. The van der Waals surface area contributed by atoms with Crippen molar-refractivity contribution in [1.29, 1.82) is 0 Å². The summed E-state index contributed by atoms with van der Waals surface area (Å²) in [7, 11) is 0. The lowest BCUT2D eigenvalue weighted by molar-refractivity contribution is 0.670. The van der Waals surface area contributed by atoms with E-state index < -0.39 is 0 Å². The van der Waals surface area contributed by atoms with Crippen molar-refractivity contribution >= 4 is 71.6 Å². The number of hydrogen-bond acceptors (Lipinski definition) is 2. The predicted molar refractivity (Wildman–Crippen MR) is 231 cm³/mol. The lowest BCUT2D eigenvalue weighted by Gasteiger charge is -2.27. The first-order valence-electron chi connectivity index (χ1n) is 18.8. The van der Waals surface area contributed by atoms with Crippen LogP contribution in [0.1, 0.15) is 0 Å². The summed E-state index contributed by atoms with van der Waals surface area (Å²) in [6.45, 7) is 0. The van der Waals surface area contributed by atoms with Crippen LogP contribution in [-0.4, -0.2) is 4.57 Å². The first kappa shape index (κ1) is 31.2. The molecule has 11 aromatic rings. The number of hydrogen-bond donors (Lipinski definition) is 0. The molecule has 0 radical (unpaired) electrons. The first-order chi connectivity index (χ1) is 27.3. The second-order valence-corrected chi connectivity index (χ2v) is 14.1. The van der Waals surface area contributed by atoms with Crippen LogP contribution >= 0.6 is 0 Å². The van der Waals surface area contributed by atoms with Crippen molar-refractivity contribution in [1.82, 2.24) is 4.57 Å². The molecule has 2 heterocycles. The van der Waals surface area contributed by atoms with Gasteiger partial charge in [-0.2, -0.15) is 0 Å². The van der Waals surface area contributed by atoms with Crippen molar-refractivity contribution in [3.05, 3.63) is 206 Å². The van der Waals surface area contributed by atoms with Crippen LogP contribution in [0.5, 0.6) is 0 Å². The predicted octanol–water partition coefficient (Wildman–Crippen LogP) is 14.6. The van der Waals surface area contributed by atoms with Gasteiger partial charge in [0.1, 0.15) is 11.2 Å². The van der Waals surface area contributed by atoms with Gasteiger partial charge in [0.05, 0.1) is 11.0 Å². The standard InChI is InChI=1S/C52H34N2O/c1-4-14-35(15-5-1)36-24-27-40(28-25-36)53(41-29-30-45-44-22-12-13-23-48(44)54(49(45)34-41)39-19-8-3-9-20-39)42-32-46(37-16-6-2-7-17-37)52-47(33-42)51-43-21-11-10-18-38(43)26-31-50(51)55-52/h1-34H. The Morgan fingerprint density at radius 3 is 1.78 bits per heavy atom. The highest BCUT2D eigenvalue weighted by atomic mass is 16.3. The van der Waals surface area contributed by atoms with E-state index in [1.807, 2.05) is 0 Å². The molecule has 0 atom stereocenters. The van der Waals surface area contributed by atoms with E-state index in [-0.39, 0.29) is 0 Å². The fourth-order valence-corrected chi connectivity index (χ4v) is 8.43. The van der Waals surface area contributed by atoms with Gasteiger partial charge in [-0.05, 0) is 88.1 Å². The van der Waals surface area contributed by atoms with Gasteiger partial charge in [0.25, 0.3) is 0 Å². The van der Waals surface area contributed by atoms with E-state index in [4.69, 9.17) is 4.42 Å². The largest absolute Gasteiger partial charge is 0.455 e. The molecule has 0 aliphatic carbocycles. The van der Waals surface area contributed by atoms with E-state index in [1.54, 1.807) is 0 Å². The molecule has 55 heavy (non-hydrogen) atoms. The molecule has 11 rings (SSSR count). The number of benzene rings is 9. The van der Waals surface area contributed by atoms with Gasteiger partial charge in [-0.25, -0.2) is 0 Å². The van der Waals surface area contributed by atoms with Gasteiger partial charge in [0, 0.05) is 49.9 Å². The molecule has 0 spiro atoms. The maximum absolute atomic E-state index is 6.79. The molecule has 0 aliphatic rings. The molecule has 0 unspecified atom stereocenters. The minimum absolute atomic E-state index is 0.885. The summed E-state index contributed by atoms with van der Waals surface area (Å²) in [5.74, 6) is 0. The van der Waals surface area contributed by atoms with E-state index in [0.717, 1.165) is 61.3 Å². The molecule has 0 saturated carbocycles. The highest BCUT2D eigenvalue weighted by Crippen LogP contribution is 2.46. The Morgan fingerprint density at radius 2 is 1.00 bits per heavy atom. The quantitative estimate of drug-likeness (QED) is 0.172. The zero-order valence-corrected chi connectivity index (χ0v) is 29.9. The van der Waals surface area contributed by atoms with Crippen molar-refractivity contribution in [2.45, 2.75) is 0 Å². The fourth-order valence-electron chi connectivity index (χ4n) is 8.43. The number of anilines is 3. The second kappa shape index (κ2) is 12.6. The number of aromatic nitrogens is 1. The van der Waals surface area contributed by atoms with E-state index in [0.29, 0.717) is 0 Å². The zero-order valence-electron chi connectivity index (χ0n) is 29.9. The van der Waals surface area contributed by atoms with Crippen molar-refractivity contribution in [2.75, 3.05) is 4.90 Å². The van der Waals surface area contributed by atoms with Gasteiger partial charge in [-0.15, -0.1) is 0 Å². The second-order valence-electron chi connectivity index (χ2n) is 14.1. The first-order valence-corrected chi connectivity index (χ1v) is 18.8. The summed E-state index contributed by atoms with van der Waals surface area (Å²) in [5.41, 5.74) is 13.0. The summed E-state index contributed by atoms with van der Waals surface area (Å²) in [4.78, 5) is 2.40. The van der Waals surface area contributed by atoms with Crippen molar-refractivity contribution in [2.24, 2.45) is 0 Å². The van der Waals surface area contributed by atoms with E-state index in [9.17, 15) is 0 Å². The number of nitrogens with zero attached hydrogens (tertiary/aromatic N) is 2. The molecular weight excluding hydrogens is 669 g/mol. The lowest BCUT2D eigenvalue weighted by Crippen LogP contribution is -2.10. The molecule has 0 bridgehead atoms. The third-order valence-electron chi connectivity index (χ3n) is 11.0.